The third-order valence-electron chi connectivity index (χ3n) is 8.63. The van der Waals surface area contributed by atoms with Crippen molar-refractivity contribution in [1.29, 1.82) is 0 Å². The first-order valence-electron chi connectivity index (χ1n) is 12.6. The molecule has 1 nitrogen and oxygen atoms in total. The maximum absolute atomic E-state index is 13.2. The molecule has 0 N–H and O–H groups in total. The summed E-state index contributed by atoms with van der Waals surface area (Å²) in [5.74, 6) is 0.704. The molecule has 0 bridgehead atoms. The van der Waals surface area contributed by atoms with Gasteiger partial charge in [0.15, 0.2) is 0 Å². The van der Waals surface area contributed by atoms with Crippen molar-refractivity contribution in [3.05, 3.63) is 118 Å². The van der Waals surface area contributed by atoms with E-state index in [2.05, 4.69) is 135 Å². The van der Waals surface area contributed by atoms with Gasteiger partial charge in [-0.15, -0.1) is 0 Å². The lowest BCUT2D eigenvalue weighted by molar-refractivity contribution is -0.117. The standard InChI is InChI=1S/C33H31IO/c1-31(2)26-10-6-5-9-24(26)25-14-12-21(19-28(25)31)17-23(35)18-22-13-15-27-29(20-22)32(3,4)30-11-7-8-16-33(27,30)34/h5-16,19-20,30H,17-18H2,1-4H3. The molecule has 0 saturated heterocycles. The summed E-state index contributed by atoms with van der Waals surface area (Å²) < 4.78 is 0.00266. The molecule has 2 unspecified atom stereocenters. The number of carbonyl (C=O) groups excluding carboxylic acids is 1. The number of carbonyl (C=O) groups is 1. The van der Waals surface area contributed by atoms with Crippen LogP contribution in [0.4, 0.5) is 0 Å². The molecule has 0 aliphatic heterocycles. The van der Waals surface area contributed by atoms with Gasteiger partial charge in [-0.25, -0.2) is 0 Å². The van der Waals surface area contributed by atoms with E-state index < -0.39 is 0 Å². The molecule has 0 fully saturated rings. The van der Waals surface area contributed by atoms with Crippen molar-refractivity contribution < 1.29 is 4.79 Å². The predicted molar refractivity (Wildman–Crippen MR) is 153 cm³/mol. The average Bonchev–Trinajstić information content (AvgIpc) is 3.16. The Morgan fingerprint density at radius 2 is 1.43 bits per heavy atom. The van der Waals surface area contributed by atoms with Gasteiger partial charge in [0.1, 0.15) is 5.78 Å². The number of hydrogen-bond acceptors (Lipinski definition) is 1. The van der Waals surface area contributed by atoms with Crippen LogP contribution >= 0.6 is 22.6 Å². The predicted octanol–water partition coefficient (Wildman–Crippen LogP) is 8.01. The number of alkyl halides is 1. The molecule has 0 amide bonds. The summed E-state index contributed by atoms with van der Waals surface area (Å²) in [6.45, 7) is 9.27. The summed E-state index contributed by atoms with van der Waals surface area (Å²) >= 11 is 2.62. The zero-order chi connectivity index (χ0) is 24.6. The van der Waals surface area contributed by atoms with Crippen molar-refractivity contribution in [2.24, 2.45) is 5.92 Å². The number of allylic oxidation sites excluding steroid dienone is 4. The summed E-state index contributed by atoms with van der Waals surface area (Å²) in [7, 11) is 0. The second kappa shape index (κ2) is 7.77. The maximum atomic E-state index is 13.2. The lowest BCUT2D eigenvalue weighted by Gasteiger charge is -2.34. The van der Waals surface area contributed by atoms with E-state index >= 15 is 0 Å². The summed E-state index contributed by atoms with van der Waals surface area (Å²) in [6, 6.07) is 22.0. The number of ketones is 1. The highest BCUT2D eigenvalue weighted by molar-refractivity contribution is 14.1. The Kier molecular flexibility index (Phi) is 5.10. The molecule has 0 radical (unpaired) electrons. The SMILES string of the molecule is CC1(C)c2ccccc2-c2ccc(CC(=O)Cc3ccc4c(c3)C(C)(C)C3C=CC=CC43I)cc21. The molecule has 176 valence electrons. The molecule has 35 heavy (non-hydrogen) atoms. The van der Waals surface area contributed by atoms with Gasteiger partial charge in [-0.05, 0) is 49.9 Å². The zero-order valence-corrected chi connectivity index (χ0v) is 23.0. The van der Waals surface area contributed by atoms with E-state index in [1.807, 2.05) is 0 Å². The summed E-state index contributed by atoms with van der Waals surface area (Å²) in [6.07, 6.45) is 9.99. The molecule has 2 atom stereocenters. The van der Waals surface area contributed by atoms with Crippen molar-refractivity contribution in [2.45, 2.75) is 54.8 Å². The minimum absolute atomic E-state index is 0.00266. The van der Waals surface area contributed by atoms with Gasteiger partial charge in [0, 0.05) is 24.2 Å². The molecule has 3 aliphatic carbocycles. The molecular weight excluding hydrogens is 539 g/mol. The molecule has 0 aromatic heterocycles. The van der Waals surface area contributed by atoms with Crippen LogP contribution < -0.4 is 0 Å². The summed E-state index contributed by atoms with van der Waals surface area (Å²) in [5.41, 5.74) is 10.4. The van der Waals surface area contributed by atoms with Gasteiger partial charge in [0.05, 0.1) is 3.42 Å². The number of rotatable bonds is 4. The first kappa shape index (κ1) is 23.0. The van der Waals surface area contributed by atoms with Crippen LogP contribution in [0.2, 0.25) is 0 Å². The van der Waals surface area contributed by atoms with Crippen LogP contribution in [0.1, 0.15) is 61.1 Å². The van der Waals surface area contributed by atoms with Gasteiger partial charge < -0.3 is 0 Å². The van der Waals surface area contributed by atoms with Crippen molar-refractivity contribution in [2.75, 3.05) is 0 Å². The number of hydrogen-bond donors (Lipinski definition) is 0. The minimum atomic E-state index is -0.0361. The molecule has 3 aliphatic rings. The van der Waals surface area contributed by atoms with E-state index in [0.29, 0.717) is 18.8 Å². The Labute approximate surface area is 222 Å². The van der Waals surface area contributed by atoms with Crippen LogP contribution in [0.15, 0.2) is 85.0 Å². The summed E-state index contributed by atoms with van der Waals surface area (Å²) in [4.78, 5) is 13.2. The van der Waals surface area contributed by atoms with Crippen molar-refractivity contribution in [3.63, 3.8) is 0 Å². The van der Waals surface area contributed by atoms with Crippen LogP contribution in [0.5, 0.6) is 0 Å². The third kappa shape index (κ3) is 3.36. The van der Waals surface area contributed by atoms with Gasteiger partial charge in [0.25, 0.3) is 0 Å². The van der Waals surface area contributed by atoms with Gasteiger partial charge in [-0.3, -0.25) is 4.79 Å². The Bertz CT molecular complexity index is 1440. The van der Waals surface area contributed by atoms with Gasteiger partial charge in [-0.1, -0.05) is 135 Å². The van der Waals surface area contributed by atoms with Crippen LogP contribution in [-0.2, 0) is 31.9 Å². The van der Waals surface area contributed by atoms with E-state index in [4.69, 9.17) is 0 Å². The normalized spacial score (nSPS) is 24.0. The van der Waals surface area contributed by atoms with Crippen LogP contribution in [0.3, 0.4) is 0 Å². The Morgan fingerprint density at radius 1 is 0.771 bits per heavy atom. The van der Waals surface area contributed by atoms with Crippen molar-refractivity contribution in [3.8, 4) is 11.1 Å². The fourth-order valence-electron chi connectivity index (χ4n) is 6.75. The highest BCUT2D eigenvalue weighted by Gasteiger charge is 2.53. The first-order chi connectivity index (χ1) is 16.6. The number of Topliss-reactive ketones (excluding diaryl/α,β-unsaturated/α-hetero) is 1. The fourth-order valence-corrected chi connectivity index (χ4v) is 8.42. The monoisotopic (exact) mass is 570 g/mol. The zero-order valence-electron chi connectivity index (χ0n) is 20.9. The fraction of sp³-hybridized carbons (Fsp3) is 0.303. The number of benzene rings is 3. The maximum Gasteiger partial charge on any atom is 0.141 e. The topological polar surface area (TPSA) is 17.1 Å². The second-order valence-corrected chi connectivity index (χ2v) is 13.3. The third-order valence-corrected chi connectivity index (χ3v) is 10.2. The molecule has 2 heteroatoms. The smallest absolute Gasteiger partial charge is 0.141 e. The van der Waals surface area contributed by atoms with E-state index in [-0.39, 0.29) is 20.0 Å². The molecule has 6 rings (SSSR count). The van der Waals surface area contributed by atoms with Crippen LogP contribution in [-0.4, -0.2) is 5.78 Å². The molecule has 0 saturated carbocycles. The second-order valence-electron chi connectivity index (χ2n) is 11.5. The van der Waals surface area contributed by atoms with Gasteiger partial charge in [0.2, 0.25) is 0 Å². The van der Waals surface area contributed by atoms with E-state index in [1.165, 1.54) is 33.4 Å². The Morgan fingerprint density at radius 3 is 2.20 bits per heavy atom. The quantitative estimate of drug-likeness (QED) is 0.230. The number of halogens is 1. The molecule has 3 aromatic carbocycles. The van der Waals surface area contributed by atoms with Crippen LogP contribution in [0, 0.1) is 5.92 Å². The Balaban J connectivity index is 1.25. The van der Waals surface area contributed by atoms with Gasteiger partial charge >= 0.3 is 0 Å². The molecular formula is C33H31IO. The average molecular weight is 571 g/mol. The number of fused-ring (bicyclic) bond motifs is 6. The van der Waals surface area contributed by atoms with E-state index in [0.717, 1.165) is 11.1 Å². The van der Waals surface area contributed by atoms with Crippen molar-refractivity contribution in [1.82, 2.24) is 0 Å². The van der Waals surface area contributed by atoms with E-state index in [1.54, 1.807) is 0 Å². The summed E-state index contributed by atoms with van der Waals surface area (Å²) in [5, 5.41) is 0. The lowest BCUT2D eigenvalue weighted by Crippen LogP contribution is -2.31. The highest BCUT2D eigenvalue weighted by atomic mass is 127. The van der Waals surface area contributed by atoms with E-state index in [9.17, 15) is 4.79 Å². The van der Waals surface area contributed by atoms with Crippen molar-refractivity contribution >= 4 is 28.4 Å². The lowest BCUT2D eigenvalue weighted by atomic mass is 9.74. The Hall–Kier alpha value is -2.46. The molecule has 0 heterocycles. The molecule has 0 spiro atoms. The largest absolute Gasteiger partial charge is 0.299 e. The first-order valence-corrected chi connectivity index (χ1v) is 13.6. The molecule has 3 aromatic rings. The highest BCUT2D eigenvalue weighted by Crippen LogP contribution is 2.60. The minimum Gasteiger partial charge on any atom is -0.299 e. The van der Waals surface area contributed by atoms with Crippen LogP contribution in [0.25, 0.3) is 11.1 Å². The van der Waals surface area contributed by atoms with Gasteiger partial charge in [-0.2, -0.15) is 0 Å².